The minimum Gasteiger partial charge on any atom is -0.502 e. The fourth-order valence-corrected chi connectivity index (χ4v) is 3.31. The number of amides is 1. The summed E-state index contributed by atoms with van der Waals surface area (Å²) in [4.78, 5) is 19.4. The number of benzene rings is 1. The molecule has 0 saturated carbocycles. The molecule has 1 aromatic heterocycles. The van der Waals surface area contributed by atoms with Crippen LogP contribution in [0.15, 0.2) is 24.4 Å². The SMILES string of the molecule is [C-]#[N+]c1cc2ccnc(OC[C@H]3NC(=O)[C@@H](F)[C@H]3CC)c2cc1OC(C)C. The van der Waals surface area contributed by atoms with E-state index in [9.17, 15) is 9.18 Å². The molecule has 2 aromatic rings. The van der Waals surface area contributed by atoms with Crippen LogP contribution in [0.5, 0.6) is 11.6 Å². The third kappa shape index (κ3) is 3.80. The molecule has 0 aliphatic carbocycles. The van der Waals surface area contributed by atoms with Crippen LogP contribution in [0.4, 0.5) is 10.1 Å². The Kier molecular flexibility index (Phi) is 5.45. The van der Waals surface area contributed by atoms with Gasteiger partial charge in [0.1, 0.15) is 12.4 Å². The lowest BCUT2D eigenvalue weighted by Crippen LogP contribution is -2.34. The minimum absolute atomic E-state index is 0.0792. The lowest BCUT2D eigenvalue weighted by molar-refractivity contribution is -0.123. The molecular formula is C20H22FN3O3. The number of hydrogen-bond donors (Lipinski definition) is 1. The smallest absolute Gasteiger partial charge is 0.255 e. The molecule has 1 amide bonds. The van der Waals surface area contributed by atoms with E-state index in [0.29, 0.717) is 29.1 Å². The summed E-state index contributed by atoms with van der Waals surface area (Å²) in [6.45, 7) is 13.1. The number of hydrogen-bond acceptors (Lipinski definition) is 4. The number of fused-ring (bicyclic) bond motifs is 1. The van der Waals surface area contributed by atoms with Crippen molar-refractivity contribution in [2.75, 3.05) is 6.61 Å². The zero-order valence-electron chi connectivity index (χ0n) is 15.5. The molecule has 0 unspecified atom stereocenters. The van der Waals surface area contributed by atoms with Crippen LogP contribution in [-0.2, 0) is 4.79 Å². The summed E-state index contributed by atoms with van der Waals surface area (Å²) in [5.74, 6) is -0.171. The molecule has 0 radical (unpaired) electrons. The molecule has 1 N–H and O–H groups in total. The number of aromatic nitrogens is 1. The third-order valence-corrected chi connectivity index (χ3v) is 4.63. The average Bonchev–Trinajstić information content (AvgIpc) is 2.92. The van der Waals surface area contributed by atoms with Crippen LogP contribution in [0.25, 0.3) is 15.6 Å². The molecule has 1 fully saturated rings. The summed E-state index contributed by atoms with van der Waals surface area (Å²) in [6.07, 6.45) is 0.551. The van der Waals surface area contributed by atoms with Gasteiger partial charge < -0.3 is 14.8 Å². The van der Waals surface area contributed by atoms with E-state index < -0.39 is 24.0 Å². The Morgan fingerprint density at radius 2 is 2.19 bits per heavy atom. The standard InChI is InChI=1S/C20H22FN3O3/c1-5-13-16(24-19(25)18(13)21)10-26-20-14-9-17(27-11(2)3)15(22-4)8-12(14)6-7-23-20/h6-9,11,13,16,18H,5,10H2,1-3H3,(H,24,25)/t13-,16+,18-/m0/s1. The highest BCUT2D eigenvalue weighted by Crippen LogP contribution is 2.36. The Morgan fingerprint density at radius 3 is 2.85 bits per heavy atom. The number of ether oxygens (including phenoxy) is 2. The Bertz CT molecular complexity index is 894. The van der Waals surface area contributed by atoms with E-state index in [1.165, 1.54) is 0 Å². The van der Waals surface area contributed by atoms with E-state index in [4.69, 9.17) is 16.0 Å². The lowest BCUT2D eigenvalue weighted by atomic mass is 9.97. The van der Waals surface area contributed by atoms with Gasteiger partial charge in [0.25, 0.3) is 5.91 Å². The monoisotopic (exact) mass is 371 g/mol. The van der Waals surface area contributed by atoms with E-state index >= 15 is 0 Å². The second-order valence-electron chi connectivity index (χ2n) is 6.84. The van der Waals surface area contributed by atoms with Crippen molar-refractivity contribution < 1.29 is 18.7 Å². The summed E-state index contributed by atoms with van der Waals surface area (Å²) in [5, 5.41) is 4.15. The van der Waals surface area contributed by atoms with Gasteiger partial charge in [-0.2, -0.15) is 0 Å². The quantitative estimate of drug-likeness (QED) is 0.784. The first-order valence-corrected chi connectivity index (χ1v) is 8.98. The van der Waals surface area contributed by atoms with Crippen LogP contribution >= 0.6 is 0 Å². The topological polar surface area (TPSA) is 64.8 Å². The van der Waals surface area contributed by atoms with Crippen molar-refractivity contribution in [1.82, 2.24) is 10.3 Å². The summed E-state index contributed by atoms with van der Waals surface area (Å²) in [7, 11) is 0. The third-order valence-electron chi connectivity index (χ3n) is 4.63. The highest BCUT2D eigenvalue weighted by molar-refractivity contribution is 5.92. The number of carbonyl (C=O) groups is 1. The van der Waals surface area contributed by atoms with Crippen molar-refractivity contribution in [3.8, 4) is 11.6 Å². The van der Waals surface area contributed by atoms with Crippen molar-refractivity contribution >= 4 is 22.4 Å². The largest absolute Gasteiger partial charge is 0.502 e. The van der Waals surface area contributed by atoms with Crippen molar-refractivity contribution in [2.45, 2.75) is 45.5 Å². The molecule has 3 atom stereocenters. The van der Waals surface area contributed by atoms with Crippen LogP contribution in [-0.4, -0.2) is 35.8 Å². The van der Waals surface area contributed by atoms with Crippen LogP contribution < -0.4 is 14.8 Å². The zero-order chi connectivity index (χ0) is 19.6. The van der Waals surface area contributed by atoms with E-state index in [1.54, 1.807) is 24.4 Å². The van der Waals surface area contributed by atoms with Gasteiger partial charge in [0.2, 0.25) is 11.6 Å². The number of pyridine rings is 1. The van der Waals surface area contributed by atoms with Gasteiger partial charge in [-0.25, -0.2) is 14.2 Å². The van der Waals surface area contributed by atoms with E-state index in [1.807, 2.05) is 20.8 Å². The van der Waals surface area contributed by atoms with Gasteiger partial charge in [-0.3, -0.25) is 4.79 Å². The van der Waals surface area contributed by atoms with E-state index in [2.05, 4.69) is 15.1 Å². The van der Waals surface area contributed by atoms with Crippen molar-refractivity contribution in [3.05, 3.63) is 35.8 Å². The van der Waals surface area contributed by atoms with E-state index in [-0.39, 0.29) is 12.7 Å². The fourth-order valence-electron chi connectivity index (χ4n) is 3.31. The molecule has 7 heteroatoms. The van der Waals surface area contributed by atoms with Gasteiger partial charge in [-0.05, 0) is 43.9 Å². The summed E-state index contributed by atoms with van der Waals surface area (Å²) in [5.41, 5.74) is 0.419. The zero-order valence-corrected chi connectivity index (χ0v) is 15.5. The van der Waals surface area contributed by atoms with Crippen LogP contribution in [0, 0.1) is 12.5 Å². The molecule has 1 aliphatic rings. The highest BCUT2D eigenvalue weighted by atomic mass is 19.1. The maximum Gasteiger partial charge on any atom is 0.255 e. The number of rotatable bonds is 6. The van der Waals surface area contributed by atoms with Crippen molar-refractivity contribution in [1.29, 1.82) is 0 Å². The molecule has 1 saturated heterocycles. The van der Waals surface area contributed by atoms with Crippen LogP contribution in [0.1, 0.15) is 27.2 Å². The molecule has 2 heterocycles. The van der Waals surface area contributed by atoms with Gasteiger partial charge in [0.15, 0.2) is 6.17 Å². The molecule has 1 aliphatic heterocycles. The maximum absolute atomic E-state index is 13.9. The number of nitrogens with one attached hydrogen (secondary N) is 1. The molecule has 27 heavy (non-hydrogen) atoms. The Morgan fingerprint density at radius 1 is 1.41 bits per heavy atom. The summed E-state index contributed by atoms with van der Waals surface area (Å²) >= 11 is 0. The number of alkyl halides is 1. The average molecular weight is 371 g/mol. The molecule has 3 rings (SSSR count). The lowest BCUT2D eigenvalue weighted by Gasteiger charge is -2.19. The molecule has 0 bridgehead atoms. The first kappa shape index (κ1) is 18.9. The Hall–Kier alpha value is -2.88. The number of nitrogens with zero attached hydrogens (tertiary/aromatic N) is 2. The predicted molar refractivity (Wildman–Crippen MR) is 99.9 cm³/mol. The molecule has 6 nitrogen and oxygen atoms in total. The maximum atomic E-state index is 13.9. The Labute approximate surface area is 157 Å². The second kappa shape index (κ2) is 7.78. The van der Waals surface area contributed by atoms with Crippen molar-refractivity contribution in [2.24, 2.45) is 5.92 Å². The Balaban J connectivity index is 1.88. The van der Waals surface area contributed by atoms with Gasteiger partial charge in [0, 0.05) is 17.5 Å². The molecular weight excluding hydrogens is 349 g/mol. The number of carbonyl (C=O) groups excluding carboxylic acids is 1. The molecule has 142 valence electrons. The summed E-state index contributed by atoms with van der Waals surface area (Å²) < 4.78 is 25.5. The molecule has 0 spiro atoms. The summed E-state index contributed by atoms with van der Waals surface area (Å²) in [6, 6.07) is 4.87. The van der Waals surface area contributed by atoms with Gasteiger partial charge in [-0.1, -0.05) is 6.92 Å². The minimum atomic E-state index is -1.50. The van der Waals surface area contributed by atoms with Gasteiger partial charge in [-0.15, -0.1) is 0 Å². The highest BCUT2D eigenvalue weighted by Gasteiger charge is 2.41. The van der Waals surface area contributed by atoms with Gasteiger partial charge in [0.05, 0.1) is 18.7 Å². The van der Waals surface area contributed by atoms with E-state index in [0.717, 1.165) is 5.39 Å². The van der Waals surface area contributed by atoms with Crippen LogP contribution in [0.2, 0.25) is 0 Å². The first-order valence-electron chi connectivity index (χ1n) is 8.98. The van der Waals surface area contributed by atoms with Crippen molar-refractivity contribution in [3.63, 3.8) is 0 Å². The second-order valence-corrected chi connectivity index (χ2v) is 6.84. The van der Waals surface area contributed by atoms with Crippen LogP contribution in [0.3, 0.4) is 0 Å². The fraction of sp³-hybridized carbons (Fsp3) is 0.450. The first-order chi connectivity index (χ1) is 12.9. The van der Waals surface area contributed by atoms with Gasteiger partial charge >= 0.3 is 0 Å². The predicted octanol–water partition coefficient (Wildman–Crippen LogP) is 3.81. The number of halogens is 1. The molecule has 1 aromatic carbocycles. The normalized spacial score (nSPS) is 21.9.